The number of piperidine rings is 1. The fourth-order valence-electron chi connectivity index (χ4n) is 2.28. The second-order valence-electron chi connectivity index (χ2n) is 4.64. The summed E-state index contributed by atoms with van der Waals surface area (Å²) in [5.74, 6) is 1.57. The maximum absolute atomic E-state index is 5.88. The van der Waals surface area contributed by atoms with Gasteiger partial charge in [-0.2, -0.15) is 5.10 Å². The SMILES string of the molecule is Cn1nccc1CCN1CCC(CCl)CC1. The standard InChI is InChI=1S/C12H20ClN3/c1-15-12(2-6-14-15)5-9-16-7-3-11(10-13)4-8-16/h2,6,11H,3-5,7-10H2,1H3. The third-order valence-electron chi connectivity index (χ3n) is 3.53. The van der Waals surface area contributed by atoms with Crippen LogP contribution in [0.25, 0.3) is 0 Å². The number of hydrogen-bond acceptors (Lipinski definition) is 2. The third-order valence-corrected chi connectivity index (χ3v) is 3.97. The Morgan fingerprint density at radius 2 is 2.19 bits per heavy atom. The Balaban J connectivity index is 1.73. The minimum atomic E-state index is 0.745. The van der Waals surface area contributed by atoms with E-state index in [9.17, 15) is 0 Å². The lowest BCUT2D eigenvalue weighted by molar-refractivity contribution is 0.195. The van der Waals surface area contributed by atoms with Gasteiger partial charge in [-0.1, -0.05) is 0 Å². The number of hydrogen-bond donors (Lipinski definition) is 0. The first kappa shape index (κ1) is 11.9. The molecule has 0 saturated carbocycles. The number of nitrogens with zero attached hydrogens (tertiary/aromatic N) is 3. The van der Waals surface area contributed by atoms with Crippen LogP contribution in [0.15, 0.2) is 12.3 Å². The molecule has 0 bridgehead atoms. The maximum Gasteiger partial charge on any atom is 0.0492 e. The lowest BCUT2D eigenvalue weighted by atomic mass is 9.99. The molecule has 16 heavy (non-hydrogen) atoms. The first-order valence-corrected chi connectivity index (χ1v) is 6.58. The Morgan fingerprint density at radius 1 is 1.44 bits per heavy atom. The normalized spacial score (nSPS) is 19.1. The highest BCUT2D eigenvalue weighted by molar-refractivity contribution is 6.18. The van der Waals surface area contributed by atoms with E-state index in [1.165, 1.54) is 31.6 Å². The van der Waals surface area contributed by atoms with Gasteiger partial charge < -0.3 is 4.90 Å². The summed E-state index contributed by atoms with van der Waals surface area (Å²) in [7, 11) is 2.01. The van der Waals surface area contributed by atoms with Crippen molar-refractivity contribution in [1.82, 2.24) is 14.7 Å². The molecule has 90 valence electrons. The van der Waals surface area contributed by atoms with Crippen LogP contribution < -0.4 is 0 Å². The van der Waals surface area contributed by atoms with Gasteiger partial charge in [0.1, 0.15) is 0 Å². The lowest BCUT2D eigenvalue weighted by Crippen LogP contribution is -2.35. The number of rotatable bonds is 4. The fourth-order valence-corrected chi connectivity index (χ4v) is 2.59. The second kappa shape index (κ2) is 5.69. The quantitative estimate of drug-likeness (QED) is 0.751. The maximum atomic E-state index is 5.88. The average molecular weight is 242 g/mol. The van der Waals surface area contributed by atoms with E-state index in [0.717, 1.165) is 24.8 Å². The molecular weight excluding hydrogens is 222 g/mol. The molecule has 3 nitrogen and oxygen atoms in total. The van der Waals surface area contributed by atoms with Gasteiger partial charge in [-0.05, 0) is 37.9 Å². The van der Waals surface area contributed by atoms with Crippen LogP contribution in [0.2, 0.25) is 0 Å². The summed E-state index contributed by atoms with van der Waals surface area (Å²) in [6, 6.07) is 2.10. The zero-order chi connectivity index (χ0) is 11.4. The average Bonchev–Trinajstić information content (AvgIpc) is 2.73. The number of aryl methyl sites for hydroxylation is 1. The van der Waals surface area contributed by atoms with Gasteiger partial charge in [0.05, 0.1) is 0 Å². The number of alkyl halides is 1. The smallest absolute Gasteiger partial charge is 0.0492 e. The summed E-state index contributed by atoms with van der Waals surface area (Å²) in [6.45, 7) is 3.55. The van der Waals surface area contributed by atoms with Crippen LogP contribution in [0, 0.1) is 5.92 Å². The molecule has 2 rings (SSSR count). The molecule has 0 spiro atoms. The Morgan fingerprint density at radius 3 is 2.75 bits per heavy atom. The van der Waals surface area contributed by atoms with Crippen LogP contribution in [-0.4, -0.2) is 40.2 Å². The molecule has 1 aliphatic rings. The minimum Gasteiger partial charge on any atom is -0.303 e. The predicted molar refractivity (Wildman–Crippen MR) is 66.8 cm³/mol. The lowest BCUT2D eigenvalue weighted by Gasteiger charge is -2.30. The molecule has 0 unspecified atom stereocenters. The molecule has 1 fully saturated rings. The van der Waals surface area contributed by atoms with Crippen molar-refractivity contribution < 1.29 is 0 Å². The summed E-state index contributed by atoms with van der Waals surface area (Å²) in [4.78, 5) is 2.54. The zero-order valence-corrected chi connectivity index (χ0v) is 10.7. The molecule has 1 aromatic rings. The van der Waals surface area contributed by atoms with E-state index in [1.807, 2.05) is 17.9 Å². The molecule has 0 amide bonds. The molecular formula is C12H20ClN3. The van der Waals surface area contributed by atoms with Crippen molar-refractivity contribution >= 4 is 11.6 Å². The van der Waals surface area contributed by atoms with Crippen LogP contribution in [0.3, 0.4) is 0 Å². The first-order chi connectivity index (χ1) is 7.79. The Bertz CT molecular complexity index is 316. The van der Waals surface area contributed by atoms with Crippen molar-refractivity contribution in [2.75, 3.05) is 25.5 Å². The molecule has 2 heterocycles. The van der Waals surface area contributed by atoms with Crippen LogP contribution >= 0.6 is 11.6 Å². The van der Waals surface area contributed by atoms with E-state index in [0.29, 0.717) is 0 Å². The van der Waals surface area contributed by atoms with Crippen LogP contribution in [-0.2, 0) is 13.5 Å². The largest absolute Gasteiger partial charge is 0.303 e. The molecule has 0 aliphatic carbocycles. The molecule has 0 N–H and O–H groups in total. The molecule has 0 aromatic carbocycles. The van der Waals surface area contributed by atoms with Crippen LogP contribution in [0.5, 0.6) is 0 Å². The summed E-state index contributed by atoms with van der Waals surface area (Å²) in [5.41, 5.74) is 1.32. The van der Waals surface area contributed by atoms with Crippen molar-refractivity contribution in [3.8, 4) is 0 Å². The van der Waals surface area contributed by atoms with Gasteiger partial charge in [-0.3, -0.25) is 4.68 Å². The molecule has 0 atom stereocenters. The predicted octanol–water partition coefficient (Wildman–Crippen LogP) is 1.91. The van der Waals surface area contributed by atoms with Crippen LogP contribution in [0.4, 0.5) is 0 Å². The summed E-state index contributed by atoms with van der Waals surface area (Å²) >= 11 is 5.88. The molecule has 4 heteroatoms. The third kappa shape index (κ3) is 2.98. The summed E-state index contributed by atoms with van der Waals surface area (Å²) < 4.78 is 1.96. The minimum absolute atomic E-state index is 0.745. The van der Waals surface area contributed by atoms with E-state index in [2.05, 4.69) is 16.1 Å². The number of likely N-dealkylation sites (tertiary alicyclic amines) is 1. The van der Waals surface area contributed by atoms with E-state index in [4.69, 9.17) is 11.6 Å². The molecule has 1 aliphatic heterocycles. The second-order valence-corrected chi connectivity index (χ2v) is 4.94. The first-order valence-electron chi connectivity index (χ1n) is 6.05. The van der Waals surface area contributed by atoms with Gasteiger partial charge in [-0.25, -0.2) is 0 Å². The van der Waals surface area contributed by atoms with E-state index in [1.54, 1.807) is 0 Å². The zero-order valence-electron chi connectivity index (χ0n) is 9.90. The highest BCUT2D eigenvalue weighted by Crippen LogP contribution is 2.18. The summed E-state index contributed by atoms with van der Waals surface area (Å²) in [5, 5.41) is 4.19. The highest BCUT2D eigenvalue weighted by atomic mass is 35.5. The van der Waals surface area contributed by atoms with Gasteiger partial charge in [0, 0.05) is 37.8 Å². The van der Waals surface area contributed by atoms with Crippen molar-refractivity contribution in [1.29, 1.82) is 0 Å². The molecule has 1 saturated heterocycles. The van der Waals surface area contributed by atoms with Gasteiger partial charge in [0.25, 0.3) is 0 Å². The summed E-state index contributed by atoms with van der Waals surface area (Å²) in [6.07, 6.45) is 5.49. The van der Waals surface area contributed by atoms with Crippen molar-refractivity contribution in [2.45, 2.75) is 19.3 Å². The van der Waals surface area contributed by atoms with Crippen molar-refractivity contribution in [3.63, 3.8) is 0 Å². The van der Waals surface area contributed by atoms with Gasteiger partial charge in [0.15, 0.2) is 0 Å². The topological polar surface area (TPSA) is 21.1 Å². The fraction of sp³-hybridized carbons (Fsp3) is 0.750. The highest BCUT2D eigenvalue weighted by Gasteiger charge is 2.18. The monoisotopic (exact) mass is 241 g/mol. The Kier molecular flexibility index (Phi) is 4.24. The molecule has 1 aromatic heterocycles. The van der Waals surface area contributed by atoms with Crippen molar-refractivity contribution in [2.24, 2.45) is 13.0 Å². The van der Waals surface area contributed by atoms with E-state index in [-0.39, 0.29) is 0 Å². The van der Waals surface area contributed by atoms with E-state index < -0.39 is 0 Å². The van der Waals surface area contributed by atoms with Crippen LogP contribution in [0.1, 0.15) is 18.5 Å². The van der Waals surface area contributed by atoms with E-state index >= 15 is 0 Å². The van der Waals surface area contributed by atoms with Gasteiger partial charge in [-0.15, -0.1) is 11.6 Å². The number of halogens is 1. The molecule has 0 radical (unpaired) electrons. The number of aromatic nitrogens is 2. The van der Waals surface area contributed by atoms with Gasteiger partial charge >= 0.3 is 0 Å². The Hall–Kier alpha value is -0.540. The van der Waals surface area contributed by atoms with Gasteiger partial charge in [0.2, 0.25) is 0 Å². The Labute approximate surface area is 102 Å². The van der Waals surface area contributed by atoms with Crippen molar-refractivity contribution in [3.05, 3.63) is 18.0 Å².